The maximum Gasteiger partial charge on any atom is 0.144 e. The molecule has 4 rings (SSSR count). The monoisotopic (exact) mass is 493 g/mol. The minimum absolute atomic E-state index is 0.277. The van der Waals surface area contributed by atoms with Crippen LogP contribution in [-0.2, 0) is 24.0 Å². The molecule has 0 saturated heterocycles. The number of nitriles is 1. The van der Waals surface area contributed by atoms with E-state index in [1.54, 1.807) is 13.2 Å². The zero-order valence-corrected chi connectivity index (χ0v) is 21.0. The van der Waals surface area contributed by atoms with Crippen LogP contribution in [0.5, 0.6) is 0 Å². The van der Waals surface area contributed by atoms with Gasteiger partial charge in [0.25, 0.3) is 0 Å². The lowest BCUT2D eigenvalue weighted by molar-refractivity contribution is 0.175. The van der Waals surface area contributed by atoms with Crippen LogP contribution in [0.1, 0.15) is 67.2 Å². The van der Waals surface area contributed by atoms with Crippen molar-refractivity contribution in [3.63, 3.8) is 0 Å². The van der Waals surface area contributed by atoms with Crippen LogP contribution in [0, 0.1) is 40.6 Å². The van der Waals surface area contributed by atoms with Crippen LogP contribution in [-0.4, -0.2) is 13.7 Å². The Morgan fingerprint density at radius 2 is 1.53 bits per heavy atom. The average Bonchev–Trinajstić information content (AvgIpc) is 2.88. The summed E-state index contributed by atoms with van der Waals surface area (Å²) in [6, 6.07) is 13.5. The van der Waals surface area contributed by atoms with Gasteiger partial charge in [0.1, 0.15) is 29.1 Å². The number of aryl methyl sites for hydroxylation is 3. The predicted molar refractivity (Wildman–Crippen MR) is 137 cm³/mol. The highest BCUT2D eigenvalue weighted by molar-refractivity contribution is 5.84. The Morgan fingerprint density at radius 3 is 2.19 bits per heavy atom. The highest BCUT2D eigenvalue weighted by Crippen LogP contribution is 2.34. The minimum Gasteiger partial charge on any atom is -0.385 e. The van der Waals surface area contributed by atoms with E-state index in [1.165, 1.54) is 50.2 Å². The van der Waals surface area contributed by atoms with Crippen molar-refractivity contribution in [3.05, 3.63) is 82.2 Å². The normalized spacial score (nSPS) is 17.9. The van der Waals surface area contributed by atoms with Gasteiger partial charge in [-0.15, -0.1) is 0 Å². The van der Waals surface area contributed by atoms with Gasteiger partial charge in [0, 0.05) is 19.1 Å². The number of ether oxygens (including phenoxy) is 1. The predicted octanol–water partition coefficient (Wildman–Crippen LogP) is 8.08. The van der Waals surface area contributed by atoms with Crippen LogP contribution in [0.15, 0.2) is 42.5 Å². The molecule has 3 aromatic carbocycles. The Labute approximate surface area is 212 Å². The summed E-state index contributed by atoms with van der Waals surface area (Å²) in [6.45, 7) is 0.862. The molecule has 0 amide bonds. The van der Waals surface area contributed by atoms with Crippen molar-refractivity contribution < 1.29 is 17.9 Å². The van der Waals surface area contributed by atoms with Crippen molar-refractivity contribution in [3.8, 4) is 6.07 Å². The molecule has 0 bridgehead atoms. The van der Waals surface area contributed by atoms with E-state index in [0.29, 0.717) is 22.9 Å². The third-order valence-corrected chi connectivity index (χ3v) is 7.76. The van der Waals surface area contributed by atoms with Gasteiger partial charge < -0.3 is 4.74 Å². The molecular weight excluding hydrogens is 459 g/mol. The van der Waals surface area contributed by atoms with E-state index in [4.69, 9.17) is 10.00 Å². The van der Waals surface area contributed by atoms with Crippen molar-refractivity contribution in [1.29, 1.82) is 5.26 Å². The van der Waals surface area contributed by atoms with E-state index in [-0.39, 0.29) is 12.2 Å². The molecule has 0 spiro atoms. The Kier molecular flexibility index (Phi) is 9.04. The van der Waals surface area contributed by atoms with Gasteiger partial charge in [-0.3, -0.25) is 0 Å². The van der Waals surface area contributed by atoms with Crippen LogP contribution in [0.25, 0.3) is 10.8 Å². The molecule has 0 heterocycles. The lowest BCUT2D eigenvalue weighted by Gasteiger charge is -2.28. The van der Waals surface area contributed by atoms with E-state index in [1.807, 2.05) is 18.2 Å². The van der Waals surface area contributed by atoms with Gasteiger partial charge >= 0.3 is 0 Å². The molecule has 2 nitrogen and oxygen atoms in total. The third kappa shape index (κ3) is 6.48. The number of benzene rings is 3. The number of hydrogen-bond acceptors (Lipinski definition) is 2. The van der Waals surface area contributed by atoms with Gasteiger partial charge in [-0.1, -0.05) is 56.0 Å². The Bertz CT molecular complexity index is 1200. The molecule has 0 unspecified atom stereocenters. The zero-order chi connectivity index (χ0) is 25.5. The standard InChI is InChI=1S/C31H34F3NO/c1-36-16-2-3-21-4-6-22(7-5-21)8-9-23-11-15-27-26(17-23)14-13-25(31(27)34)12-10-24-18-29(32)28(20-35)30(33)19-24/h11,13-15,17-19,21-22H,2-10,12,16H2,1H3. The summed E-state index contributed by atoms with van der Waals surface area (Å²) in [7, 11) is 1.77. The molecule has 0 radical (unpaired) electrons. The lowest BCUT2D eigenvalue weighted by atomic mass is 9.78. The van der Waals surface area contributed by atoms with Gasteiger partial charge in [-0.2, -0.15) is 5.26 Å². The second-order valence-corrected chi connectivity index (χ2v) is 10.2. The summed E-state index contributed by atoms with van der Waals surface area (Å²) >= 11 is 0. The summed E-state index contributed by atoms with van der Waals surface area (Å²) in [5.41, 5.74) is 1.57. The first kappa shape index (κ1) is 26.2. The molecular formula is C31H34F3NO. The fourth-order valence-corrected chi connectivity index (χ4v) is 5.59. The van der Waals surface area contributed by atoms with E-state index in [9.17, 15) is 8.78 Å². The number of nitrogens with zero attached hydrogens (tertiary/aromatic N) is 1. The maximum atomic E-state index is 15.2. The summed E-state index contributed by atoms with van der Waals surface area (Å²) in [6.07, 6.45) is 10.5. The van der Waals surface area contributed by atoms with Crippen LogP contribution in [0.2, 0.25) is 0 Å². The summed E-state index contributed by atoms with van der Waals surface area (Å²) in [5, 5.41) is 10.3. The van der Waals surface area contributed by atoms with E-state index >= 15 is 4.39 Å². The van der Waals surface area contributed by atoms with Crippen molar-refractivity contribution in [2.24, 2.45) is 11.8 Å². The second kappa shape index (κ2) is 12.4. The van der Waals surface area contributed by atoms with E-state index in [2.05, 4.69) is 6.07 Å². The van der Waals surface area contributed by atoms with Crippen molar-refractivity contribution in [2.75, 3.05) is 13.7 Å². The van der Waals surface area contributed by atoms with E-state index in [0.717, 1.165) is 48.8 Å². The number of hydrogen-bond donors (Lipinski definition) is 0. The van der Waals surface area contributed by atoms with Gasteiger partial charge in [-0.25, -0.2) is 13.2 Å². The average molecular weight is 494 g/mol. The summed E-state index contributed by atoms with van der Waals surface area (Å²) in [5.74, 6) is -0.414. The SMILES string of the molecule is COCCCC1CCC(CCc2ccc3c(F)c(CCc4cc(F)c(C#N)c(F)c4)ccc3c2)CC1. The first-order valence-electron chi connectivity index (χ1n) is 13.1. The van der Waals surface area contributed by atoms with Crippen molar-refractivity contribution in [1.82, 2.24) is 0 Å². The first-order valence-corrected chi connectivity index (χ1v) is 13.1. The third-order valence-electron chi connectivity index (χ3n) is 7.76. The molecule has 0 N–H and O–H groups in total. The topological polar surface area (TPSA) is 33.0 Å². The molecule has 3 aromatic rings. The van der Waals surface area contributed by atoms with Crippen LogP contribution < -0.4 is 0 Å². The molecule has 1 saturated carbocycles. The van der Waals surface area contributed by atoms with Crippen LogP contribution in [0.4, 0.5) is 13.2 Å². The Balaban J connectivity index is 1.33. The molecule has 1 fully saturated rings. The highest BCUT2D eigenvalue weighted by atomic mass is 19.1. The Hall–Kier alpha value is -2.84. The molecule has 5 heteroatoms. The van der Waals surface area contributed by atoms with Crippen molar-refractivity contribution in [2.45, 2.75) is 64.2 Å². The van der Waals surface area contributed by atoms with Crippen LogP contribution >= 0.6 is 0 Å². The van der Waals surface area contributed by atoms with E-state index < -0.39 is 17.2 Å². The maximum absolute atomic E-state index is 15.2. The molecule has 36 heavy (non-hydrogen) atoms. The van der Waals surface area contributed by atoms with Gasteiger partial charge in [0.2, 0.25) is 0 Å². The molecule has 190 valence electrons. The summed E-state index contributed by atoms with van der Waals surface area (Å²) in [4.78, 5) is 0. The molecule has 0 aromatic heterocycles. The largest absolute Gasteiger partial charge is 0.385 e. The molecule has 1 aliphatic carbocycles. The number of methoxy groups -OCH3 is 1. The fourth-order valence-electron chi connectivity index (χ4n) is 5.59. The summed E-state index contributed by atoms with van der Waals surface area (Å²) < 4.78 is 48.1. The highest BCUT2D eigenvalue weighted by Gasteiger charge is 2.21. The Morgan fingerprint density at radius 1 is 0.833 bits per heavy atom. The number of rotatable bonds is 10. The molecule has 0 atom stereocenters. The van der Waals surface area contributed by atoms with Crippen LogP contribution in [0.3, 0.4) is 0 Å². The van der Waals surface area contributed by atoms with Crippen molar-refractivity contribution >= 4 is 10.8 Å². The first-order chi connectivity index (χ1) is 17.5. The number of fused-ring (bicyclic) bond motifs is 1. The van der Waals surface area contributed by atoms with Gasteiger partial charge in [0.15, 0.2) is 0 Å². The zero-order valence-electron chi connectivity index (χ0n) is 21.0. The second-order valence-electron chi connectivity index (χ2n) is 10.2. The lowest BCUT2D eigenvalue weighted by Crippen LogP contribution is -2.15. The van der Waals surface area contributed by atoms with Gasteiger partial charge in [0.05, 0.1) is 0 Å². The quantitative estimate of drug-likeness (QED) is 0.268. The molecule has 0 aliphatic heterocycles. The molecule has 1 aliphatic rings. The smallest absolute Gasteiger partial charge is 0.144 e. The fraction of sp³-hybridized carbons (Fsp3) is 0.452. The van der Waals surface area contributed by atoms with Gasteiger partial charge in [-0.05, 0) is 84.6 Å². The minimum atomic E-state index is -0.880. The number of halogens is 3.